The molecule has 0 aliphatic heterocycles. The zero-order valence-corrected chi connectivity index (χ0v) is 18.0. The van der Waals surface area contributed by atoms with Gasteiger partial charge in [0.1, 0.15) is 11.5 Å². The second kappa shape index (κ2) is 10.8. The number of ether oxygens (including phenoxy) is 3. The molecule has 3 rings (SSSR count). The van der Waals surface area contributed by atoms with Crippen LogP contribution < -0.4 is 4.74 Å². The molecule has 0 bridgehead atoms. The second-order valence-corrected chi connectivity index (χ2v) is 7.13. The van der Waals surface area contributed by atoms with E-state index in [1.54, 1.807) is 6.07 Å². The van der Waals surface area contributed by atoms with E-state index in [2.05, 4.69) is 0 Å². The molecule has 3 aromatic carbocycles. The van der Waals surface area contributed by atoms with Crippen LogP contribution in [-0.4, -0.2) is 45.6 Å². The molecule has 0 saturated heterocycles. The molecule has 0 fully saturated rings. The van der Waals surface area contributed by atoms with Crippen molar-refractivity contribution in [1.82, 2.24) is 0 Å². The van der Waals surface area contributed by atoms with E-state index in [0.29, 0.717) is 16.9 Å². The minimum atomic E-state index is -1.28. The first-order valence-corrected chi connectivity index (χ1v) is 10.0. The van der Waals surface area contributed by atoms with Gasteiger partial charge in [0, 0.05) is 12.5 Å². The lowest BCUT2D eigenvalue weighted by Crippen LogP contribution is -2.30. The van der Waals surface area contributed by atoms with Crippen LogP contribution in [0.5, 0.6) is 34.5 Å². The van der Waals surface area contributed by atoms with E-state index in [1.165, 1.54) is 60.7 Å². The summed E-state index contributed by atoms with van der Waals surface area (Å²) in [6, 6.07) is 14.4. The van der Waals surface area contributed by atoms with Crippen LogP contribution in [0, 0.1) is 0 Å². The van der Waals surface area contributed by atoms with Crippen molar-refractivity contribution < 1.29 is 44.2 Å². The molecule has 1 atom stereocenters. The van der Waals surface area contributed by atoms with Crippen LogP contribution in [-0.2, 0) is 25.5 Å². The molecule has 9 nitrogen and oxygen atoms in total. The molecule has 1 unspecified atom stereocenters. The van der Waals surface area contributed by atoms with Crippen LogP contribution in [0.1, 0.15) is 11.1 Å². The SMILES string of the molecule is COC(=O)C(Cc1ccc(Oc2ccc(O)cc2)c(O)c1)OC(=O)C=Cc1ccc(O)c(O)c1. The molecule has 3 aromatic rings. The van der Waals surface area contributed by atoms with Crippen LogP contribution in [0.25, 0.3) is 6.08 Å². The largest absolute Gasteiger partial charge is 0.508 e. The molecule has 0 aromatic heterocycles. The van der Waals surface area contributed by atoms with Gasteiger partial charge in [-0.2, -0.15) is 0 Å². The summed E-state index contributed by atoms with van der Waals surface area (Å²) < 4.78 is 15.5. The third-order valence-corrected chi connectivity index (χ3v) is 4.64. The Labute approximate surface area is 194 Å². The minimum Gasteiger partial charge on any atom is -0.508 e. The standard InChI is InChI=1S/C25H22O9/c1-32-25(31)23(34-24(30)11-4-15-2-9-19(27)20(28)12-15)14-16-3-10-22(21(29)13-16)33-18-7-5-17(26)6-8-18/h2-13,23,26-29H,14H2,1H3. The summed E-state index contributed by atoms with van der Waals surface area (Å²) in [6.45, 7) is 0. The van der Waals surface area contributed by atoms with E-state index < -0.39 is 18.0 Å². The van der Waals surface area contributed by atoms with E-state index in [0.717, 1.165) is 13.2 Å². The Morgan fingerprint density at radius 1 is 0.882 bits per heavy atom. The highest BCUT2D eigenvalue weighted by Crippen LogP contribution is 2.32. The Balaban J connectivity index is 1.68. The summed E-state index contributed by atoms with van der Waals surface area (Å²) in [5.41, 5.74) is 0.905. The van der Waals surface area contributed by atoms with Crippen LogP contribution >= 0.6 is 0 Å². The molecular formula is C25H22O9. The molecule has 0 radical (unpaired) electrons. The maximum atomic E-state index is 12.2. The van der Waals surface area contributed by atoms with Crippen molar-refractivity contribution in [2.75, 3.05) is 7.11 Å². The van der Waals surface area contributed by atoms with Crippen molar-refractivity contribution in [3.63, 3.8) is 0 Å². The van der Waals surface area contributed by atoms with Gasteiger partial charge in [-0.3, -0.25) is 0 Å². The van der Waals surface area contributed by atoms with Crippen molar-refractivity contribution in [3.05, 3.63) is 77.9 Å². The molecule has 0 amide bonds. The number of esters is 2. The lowest BCUT2D eigenvalue weighted by Gasteiger charge is -2.15. The summed E-state index contributed by atoms with van der Waals surface area (Å²) in [5.74, 6) is -1.84. The first kappa shape index (κ1) is 24.0. The number of carbonyl (C=O) groups is 2. The molecule has 9 heteroatoms. The van der Waals surface area contributed by atoms with Gasteiger partial charge in [0.2, 0.25) is 6.10 Å². The fraction of sp³-hybridized carbons (Fsp3) is 0.120. The van der Waals surface area contributed by atoms with Crippen molar-refractivity contribution in [3.8, 4) is 34.5 Å². The molecule has 176 valence electrons. The van der Waals surface area contributed by atoms with Crippen LogP contribution in [0.3, 0.4) is 0 Å². The fourth-order valence-electron chi connectivity index (χ4n) is 2.92. The summed E-state index contributed by atoms with van der Waals surface area (Å²) in [5, 5.41) is 38.5. The van der Waals surface area contributed by atoms with E-state index >= 15 is 0 Å². The van der Waals surface area contributed by atoms with E-state index in [4.69, 9.17) is 14.2 Å². The van der Waals surface area contributed by atoms with Gasteiger partial charge < -0.3 is 34.6 Å². The predicted molar refractivity (Wildman–Crippen MR) is 121 cm³/mol. The average Bonchev–Trinajstić information content (AvgIpc) is 2.82. The Bertz CT molecular complexity index is 1200. The summed E-state index contributed by atoms with van der Waals surface area (Å²) in [7, 11) is 1.16. The van der Waals surface area contributed by atoms with Gasteiger partial charge in [0.15, 0.2) is 23.0 Å². The maximum absolute atomic E-state index is 12.2. The van der Waals surface area contributed by atoms with Gasteiger partial charge in [0.25, 0.3) is 0 Å². The highest BCUT2D eigenvalue weighted by Gasteiger charge is 2.24. The minimum absolute atomic E-state index is 0.0701. The summed E-state index contributed by atoms with van der Waals surface area (Å²) in [6.07, 6.45) is 1.06. The van der Waals surface area contributed by atoms with Crippen molar-refractivity contribution in [2.45, 2.75) is 12.5 Å². The Morgan fingerprint density at radius 3 is 2.26 bits per heavy atom. The molecule has 0 spiro atoms. The molecule has 0 heterocycles. The Morgan fingerprint density at radius 2 is 1.62 bits per heavy atom. The molecule has 0 aliphatic rings. The van der Waals surface area contributed by atoms with Crippen molar-refractivity contribution in [2.24, 2.45) is 0 Å². The number of phenolic OH excluding ortho intramolecular Hbond substituents is 4. The van der Waals surface area contributed by atoms with Crippen LogP contribution in [0.4, 0.5) is 0 Å². The number of carbonyl (C=O) groups excluding carboxylic acids is 2. The maximum Gasteiger partial charge on any atom is 0.347 e. The van der Waals surface area contributed by atoms with Gasteiger partial charge in [-0.1, -0.05) is 12.1 Å². The number of methoxy groups -OCH3 is 1. The monoisotopic (exact) mass is 466 g/mol. The Hall–Kier alpha value is -4.66. The number of rotatable bonds is 8. The van der Waals surface area contributed by atoms with Gasteiger partial charge in [-0.25, -0.2) is 9.59 Å². The van der Waals surface area contributed by atoms with Gasteiger partial charge in [-0.05, 0) is 65.7 Å². The number of phenols is 4. The second-order valence-electron chi connectivity index (χ2n) is 7.13. The zero-order valence-electron chi connectivity index (χ0n) is 18.0. The lowest BCUT2D eigenvalue weighted by molar-refractivity contribution is -0.162. The number of hydrogen-bond acceptors (Lipinski definition) is 9. The van der Waals surface area contributed by atoms with Crippen molar-refractivity contribution >= 4 is 18.0 Å². The molecule has 0 saturated carbocycles. The first-order valence-electron chi connectivity index (χ1n) is 10.0. The smallest absolute Gasteiger partial charge is 0.347 e. The molecular weight excluding hydrogens is 444 g/mol. The third kappa shape index (κ3) is 6.42. The summed E-state index contributed by atoms with van der Waals surface area (Å²) >= 11 is 0. The van der Waals surface area contributed by atoms with Crippen LogP contribution in [0.2, 0.25) is 0 Å². The molecule has 0 aliphatic carbocycles. The third-order valence-electron chi connectivity index (χ3n) is 4.64. The van der Waals surface area contributed by atoms with E-state index in [1.807, 2.05) is 0 Å². The molecule has 34 heavy (non-hydrogen) atoms. The first-order chi connectivity index (χ1) is 16.2. The van der Waals surface area contributed by atoms with Crippen LogP contribution in [0.15, 0.2) is 66.7 Å². The zero-order chi connectivity index (χ0) is 24.7. The fourth-order valence-corrected chi connectivity index (χ4v) is 2.92. The highest BCUT2D eigenvalue weighted by molar-refractivity contribution is 5.89. The van der Waals surface area contributed by atoms with Gasteiger partial charge >= 0.3 is 11.9 Å². The number of aromatic hydroxyl groups is 4. The van der Waals surface area contributed by atoms with Crippen molar-refractivity contribution in [1.29, 1.82) is 0 Å². The quantitative estimate of drug-likeness (QED) is 0.222. The normalized spacial score (nSPS) is 11.7. The number of hydrogen-bond donors (Lipinski definition) is 4. The van der Waals surface area contributed by atoms with Gasteiger partial charge in [0.05, 0.1) is 7.11 Å². The molecule has 4 N–H and O–H groups in total. The lowest BCUT2D eigenvalue weighted by atomic mass is 10.1. The number of benzene rings is 3. The summed E-state index contributed by atoms with van der Waals surface area (Å²) in [4.78, 5) is 24.4. The van der Waals surface area contributed by atoms with Gasteiger partial charge in [-0.15, -0.1) is 0 Å². The van der Waals surface area contributed by atoms with E-state index in [9.17, 15) is 30.0 Å². The highest BCUT2D eigenvalue weighted by atomic mass is 16.6. The topological polar surface area (TPSA) is 143 Å². The predicted octanol–water partition coefficient (Wildman–Crippen LogP) is 3.64. The Kier molecular flexibility index (Phi) is 7.60. The average molecular weight is 466 g/mol. The van der Waals surface area contributed by atoms with E-state index in [-0.39, 0.29) is 35.2 Å².